The first kappa shape index (κ1) is 17.9. The molecule has 0 amide bonds. The molecule has 7 heteroatoms. The summed E-state index contributed by atoms with van der Waals surface area (Å²) < 4.78 is 5.47. The van der Waals surface area contributed by atoms with Crippen molar-refractivity contribution in [2.24, 2.45) is 4.99 Å². The predicted molar refractivity (Wildman–Crippen MR) is 112 cm³/mol. The molecule has 0 radical (unpaired) electrons. The maximum atomic E-state index is 4.81. The molecule has 0 fully saturated rings. The number of halogens is 1. The minimum absolute atomic E-state index is 0.866. The van der Waals surface area contributed by atoms with Crippen molar-refractivity contribution in [1.29, 1.82) is 0 Å². The molecule has 3 heterocycles. The van der Waals surface area contributed by atoms with E-state index in [2.05, 4.69) is 64.7 Å². The molecule has 0 saturated heterocycles. The van der Waals surface area contributed by atoms with E-state index in [0.29, 0.717) is 0 Å². The quantitative estimate of drug-likeness (QED) is 0.429. The van der Waals surface area contributed by atoms with Crippen LogP contribution in [0, 0.1) is 0 Å². The van der Waals surface area contributed by atoms with E-state index < -0.39 is 0 Å². The summed E-state index contributed by atoms with van der Waals surface area (Å²) in [6, 6.07) is 12.3. The van der Waals surface area contributed by atoms with Crippen molar-refractivity contribution in [3.63, 3.8) is 0 Å². The Balaban J connectivity index is 1.68. The number of hydrogen-bond acceptors (Lipinski definition) is 4. The van der Waals surface area contributed by atoms with Gasteiger partial charge in [-0.05, 0) is 36.2 Å². The van der Waals surface area contributed by atoms with Gasteiger partial charge in [-0.1, -0.05) is 28.1 Å². The Labute approximate surface area is 169 Å². The van der Waals surface area contributed by atoms with Gasteiger partial charge in [0.1, 0.15) is 0 Å². The van der Waals surface area contributed by atoms with Crippen LogP contribution in [0.15, 0.2) is 82.4 Å². The van der Waals surface area contributed by atoms with Gasteiger partial charge in [0.25, 0.3) is 0 Å². The zero-order chi connectivity index (χ0) is 18.5. The van der Waals surface area contributed by atoms with Crippen molar-refractivity contribution in [1.82, 2.24) is 19.1 Å². The molecule has 0 aliphatic carbocycles. The summed E-state index contributed by atoms with van der Waals surface area (Å²) in [4.78, 5) is 14.1. The lowest BCUT2D eigenvalue weighted by molar-refractivity contribution is 0.559. The van der Waals surface area contributed by atoms with Gasteiger partial charge in [-0.25, -0.2) is 9.98 Å². The van der Waals surface area contributed by atoms with Crippen molar-refractivity contribution >= 4 is 33.0 Å². The van der Waals surface area contributed by atoms with E-state index >= 15 is 0 Å². The van der Waals surface area contributed by atoms with Crippen LogP contribution >= 0.6 is 27.3 Å². The Kier molecular flexibility index (Phi) is 5.60. The van der Waals surface area contributed by atoms with Gasteiger partial charge in [0.15, 0.2) is 4.80 Å². The number of aryl methyl sites for hydroxylation is 1. The zero-order valence-electron chi connectivity index (χ0n) is 14.6. The minimum Gasteiger partial charge on any atom is -0.337 e. The standard InChI is InChI=1S/C20H18BrN5S/c21-17-6-4-16(5-7-17)19-14-27-20(24-18-3-1-8-22-13-18)26(19)11-2-10-25-12-9-23-15-25/h1,3-9,12-15H,2,10-11H2. The van der Waals surface area contributed by atoms with Gasteiger partial charge in [-0.15, -0.1) is 11.3 Å². The van der Waals surface area contributed by atoms with Crippen LogP contribution in [-0.2, 0) is 13.1 Å². The first-order chi connectivity index (χ1) is 13.3. The highest BCUT2D eigenvalue weighted by atomic mass is 79.9. The maximum Gasteiger partial charge on any atom is 0.190 e. The second-order valence-electron chi connectivity index (χ2n) is 6.04. The summed E-state index contributed by atoms with van der Waals surface area (Å²) in [6.07, 6.45) is 10.2. The van der Waals surface area contributed by atoms with Crippen molar-refractivity contribution < 1.29 is 0 Å². The Bertz CT molecular complexity index is 1050. The van der Waals surface area contributed by atoms with Crippen molar-refractivity contribution in [2.75, 3.05) is 0 Å². The Morgan fingerprint density at radius 2 is 1.93 bits per heavy atom. The van der Waals surface area contributed by atoms with E-state index in [1.54, 1.807) is 23.7 Å². The van der Waals surface area contributed by atoms with Crippen molar-refractivity contribution in [3.8, 4) is 11.3 Å². The molecule has 0 bridgehead atoms. The molecule has 5 nitrogen and oxygen atoms in total. The van der Waals surface area contributed by atoms with Crippen LogP contribution in [0.4, 0.5) is 5.69 Å². The number of nitrogens with zero attached hydrogens (tertiary/aromatic N) is 5. The van der Waals surface area contributed by atoms with Gasteiger partial charge in [0, 0.05) is 41.5 Å². The molecule has 1 aromatic carbocycles. The van der Waals surface area contributed by atoms with Gasteiger partial charge < -0.3 is 9.13 Å². The van der Waals surface area contributed by atoms with Crippen molar-refractivity contribution in [3.05, 3.63) is 82.2 Å². The first-order valence-corrected chi connectivity index (χ1v) is 10.3. The second kappa shape index (κ2) is 8.45. The second-order valence-corrected chi connectivity index (χ2v) is 7.79. The SMILES string of the molecule is Brc1ccc(-c2csc(=Nc3cccnc3)n2CCCn2ccnc2)cc1. The molecule has 0 aliphatic rings. The van der Waals surface area contributed by atoms with Crippen LogP contribution in [-0.4, -0.2) is 19.1 Å². The van der Waals surface area contributed by atoms with E-state index in [0.717, 1.165) is 34.5 Å². The summed E-state index contributed by atoms with van der Waals surface area (Å²) in [5, 5.41) is 2.18. The fraction of sp³-hybridized carbons (Fsp3) is 0.150. The third-order valence-electron chi connectivity index (χ3n) is 4.17. The molecule has 27 heavy (non-hydrogen) atoms. The van der Waals surface area contributed by atoms with Crippen LogP contribution in [0.5, 0.6) is 0 Å². The van der Waals surface area contributed by atoms with Crippen molar-refractivity contribution in [2.45, 2.75) is 19.5 Å². The molecule has 0 N–H and O–H groups in total. The highest BCUT2D eigenvalue weighted by Gasteiger charge is 2.08. The number of rotatable bonds is 6. The molecule has 0 atom stereocenters. The molecule has 3 aromatic heterocycles. The lowest BCUT2D eigenvalue weighted by atomic mass is 10.2. The molecule has 4 aromatic rings. The van der Waals surface area contributed by atoms with Gasteiger partial charge >= 0.3 is 0 Å². The van der Waals surface area contributed by atoms with Crippen LogP contribution in [0.3, 0.4) is 0 Å². The van der Waals surface area contributed by atoms with Crippen LogP contribution < -0.4 is 4.80 Å². The van der Waals surface area contributed by atoms with Gasteiger partial charge in [0.05, 0.1) is 23.9 Å². The Hall–Kier alpha value is -2.51. The maximum absolute atomic E-state index is 4.81. The van der Waals surface area contributed by atoms with E-state index in [1.165, 1.54) is 11.3 Å². The van der Waals surface area contributed by atoms with Gasteiger partial charge in [-0.3, -0.25) is 4.98 Å². The number of thiazole rings is 1. The Morgan fingerprint density at radius 1 is 1.04 bits per heavy atom. The van der Waals surface area contributed by atoms with E-state index in [1.807, 2.05) is 30.9 Å². The molecule has 0 spiro atoms. The highest BCUT2D eigenvalue weighted by molar-refractivity contribution is 9.10. The minimum atomic E-state index is 0.866. The summed E-state index contributed by atoms with van der Waals surface area (Å²) in [5.41, 5.74) is 3.23. The van der Waals surface area contributed by atoms with E-state index in [-0.39, 0.29) is 0 Å². The normalized spacial score (nSPS) is 11.8. The van der Waals surface area contributed by atoms with Crippen LogP contribution in [0.2, 0.25) is 0 Å². The average molecular weight is 440 g/mol. The fourth-order valence-electron chi connectivity index (χ4n) is 2.85. The molecule has 0 unspecified atom stereocenters. The fourth-order valence-corrected chi connectivity index (χ4v) is 4.07. The van der Waals surface area contributed by atoms with Gasteiger partial charge in [0.2, 0.25) is 0 Å². The highest BCUT2D eigenvalue weighted by Crippen LogP contribution is 2.23. The molecule has 4 rings (SSSR count). The van der Waals surface area contributed by atoms with E-state index in [9.17, 15) is 0 Å². The number of imidazole rings is 1. The number of benzene rings is 1. The molecule has 0 aliphatic heterocycles. The summed E-state index contributed by atoms with van der Waals surface area (Å²) in [6.45, 7) is 1.81. The zero-order valence-corrected chi connectivity index (χ0v) is 17.0. The average Bonchev–Trinajstić information content (AvgIpc) is 3.34. The molecule has 136 valence electrons. The predicted octanol–water partition coefficient (Wildman–Crippen LogP) is 4.89. The smallest absolute Gasteiger partial charge is 0.190 e. The lowest BCUT2D eigenvalue weighted by Gasteiger charge is -2.10. The third-order valence-corrected chi connectivity index (χ3v) is 5.56. The monoisotopic (exact) mass is 439 g/mol. The van der Waals surface area contributed by atoms with Crippen LogP contribution in [0.25, 0.3) is 11.3 Å². The third kappa shape index (κ3) is 4.43. The molecular formula is C20H18BrN5S. The lowest BCUT2D eigenvalue weighted by Crippen LogP contribution is -2.17. The largest absolute Gasteiger partial charge is 0.337 e. The Morgan fingerprint density at radius 3 is 2.67 bits per heavy atom. The molecule has 0 saturated carbocycles. The molecular weight excluding hydrogens is 422 g/mol. The summed E-state index contributed by atoms with van der Waals surface area (Å²) in [7, 11) is 0. The van der Waals surface area contributed by atoms with Gasteiger partial charge in [-0.2, -0.15) is 0 Å². The summed E-state index contributed by atoms with van der Waals surface area (Å²) in [5.74, 6) is 0. The first-order valence-electron chi connectivity index (χ1n) is 8.64. The van der Waals surface area contributed by atoms with Crippen LogP contribution in [0.1, 0.15) is 6.42 Å². The number of aromatic nitrogens is 4. The topological polar surface area (TPSA) is 48.0 Å². The van der Waals surface area contributed by atoms with E-state index in [4.69, 9.17) is 4.99 Å². The summed E-state index contributed by atoms with van der Waals surface area (Å²) >= 11 is 5.17. The number of pyridine rings is 1. The number of hydrogen-bond donors (Lipinski definition) is 0.